The minimum absolute atomic E-state index is 0.133. The van der Waals surface area contributed by atoms with Gasteiger partial charge in [-0.25, -0.2) is 14.4 Å². The van der Waals surface area contributed by atoms with Crippen LogP contribution in [0, 0.1) is 5.82 Å². The molecule has 2 aromatic heterocycles. The molecule has 0 aliphatic heterocycles. The first-order valence-electron chi connectivity index (χ1n) is 7.75. The zero-order chi connectivity index (χ0) is 17.4. The first kappa shape index (κ1) is 16.2. The van der Waals surface area contributed by atoms with Crippen LogP contribution in [0.2, 0.25) is 5.02 Å². The lowest BCUT2D eigenvalue weighted by Crippen LogP contribution is -2.20. The van der Waals surface area contributed by atoms with Crippen molar-refractivity contribution in [2.75, 3.05) is 11.9 Å². The highest BCUT2D eigenvalue weighted by atomic mass is 35.5. The molecule has 1 aromatic carbocycles. The van der Waals surface area contributed by atoms with Gasteiger partial charge < -0.3 is 10.1 Å². The average Bonchev–Trinajstić information content (AvgIpc) is 3.16. The van der Waals surface area contributed by atoms with Gasteiger partial charge in [-0.15, -0.1) is 11.3 Å². The van der Waals surface area contributed by atoms with E-state index in [1.54, 1.807) is 11.3 Å². The molecule has 8 heteroatoms. The number of nitrogens with one attached hydrogen (secondary N) is 1. The van der Waals surface area contributed by atoms with E-state index in [0.29, 0.717) is 11.6 Å². The normalized spacial score (nSPS) is 13.0. The van der Waals surface area contributed by atoms with Crippen molar-refractivity contribution in [1.82, 2.24) is 9.97 Å². The Bertz CT molecular complexity index is 976. The minimum Gasteiger partial charge on any atom is -0.467 e. The second kappa shape index (κ2) is 6.57. The zero-order valence-corrected chi connectivity index (χ0v) is 14.6. The third kappa shape index (κ3) is 3.17. The molecule has 0 spiro atoms. The first-order chi connectivity index (χ1) is 12.1. The monoisotopic (exact) mass is 377 g/mol. The number of fused-ring (bicyclic) bond motifs is 3. The molecule has 0 atom stereocenters. The van der Waals surface area contributed by atoms with Crippen molar-refractivity contribution in [3.8, 4) is 5.88 Å². The van der Waals surface area contributed by atoms with Crippen molar-refractivity contribution in [3.05, 3.63) is 45.8 Å². The van der Waals surface area contributed by atoms with Crippen LogP contribution in [0.3, 0.4) is 0 Å². The summed E-state index contributed by atoms with van der Waals surface area (Å²) in [5.74, 6) is -0.439. The Morgan fingerprint density at radius 3 is 3.08 bits per heavy atom. The fraction of sp³-hybridized carbons (Fsp3) is 0.235. The van der Waals surface area contributed by atoms with E-state index in [9.17, 15) is 9.18 Å². The van der Waals surface area contributed by atoms with E-state index in [1.165, 1.54) is 28.9 Å². The molecule has 0 saturated heterocycles. The van der Waals surface area contributed by atoms with Crippen LogP contribution >= 0.6 is 22.9 Å². The summed E-state index contributed by atoms with van der Waals surface area (Å²) in [4.78, 5) is 22.8. The van der Waals surface area contributed by atoms with Crippen molar-refractivity contribution < 1.29 is 13.9 Å². The Balaban J connectivity index is 1.50. The number of thiophene rings is 1. The van der Waals surface area contributed by atoms with E-state index in [1.807, 2.05) is 0 Å². The number of aryl methyl sites for hydroxylation is 2. The second-order valence-electron chi connectivity index (χ2n) is 5.68. The van der Waals surface area contributed by atoms with Crippen LogP contribution in [0.15, 0.2) is 24.5 Å². The maximum Gasteiger partial charge on any atom is 0.262 e. The first-order valence-corrected chi connectivity index (χ1v) is 8.94. The fourth-order valence-corrected chi connectivity index (χ4v) is 4.35. The Morgan fingerprint density at radius 2 is 2.24 bits per heavy atom. The number of halogens is 2. The van der Waals surface area contributed by atoms with Crippen molar-refractivity contribution in [3.63, 3.8) is 0 Å². The highest BCUT2D eigenvalue weighted by Crippen LogP contribution is 2.39. The van der Waals surface area contributed by atoms with Crippen LogP contribution in [-0.2, 0) is 17.6 Å². The predicted octanol–water partition coefficient (Wildman–Crippen LogP) is 3.99. The number of benzene rings is 1. The van der Waals surface area contributed by atoms with Crippen molar-refractivity contribution in [1.29, 1.82) is 0 Å². The Hall–Kier alpha value is -2.25. The quantitative estimate of drug-likeness (QED) is 0.746. The van der Waals surface area contributed by atoms with Gasteiger partial charge in [0.15, 0.2) is 6.61 Å². The number of rotatable bonds is 4. The van der Waals surface area contributed by atoms with Crippen molar-refractivity contribution >= 4 is 44.7 Å². The van der Waals surface area contributed by atoms with Gasteiger partial charge in [-0.3, -0.25) is 4.79 Å². The number of carbonyl (C=O) groups is 1. The summed E-state index contributed by atoms with van der Waals surface area (Å²) < 4.78 is 18.7. The third-order valence-electron chi connectivity index (χ3n) is 4.01. The molecule has 0 fully saturated rings. The van der Waals surface area contributed by atoms with Gasteiger partial charge in [-0.2, -0.15) is 0 Å². The van der Waals surface area contributed by atoms with Gasteiger partial charge in [0, 0.05) is 4.88 Å². The average molecular weight is 378 g/mol. The third-order valence-corrected chi connectivity index (χ3v) is 5.52. The van der Waals surface area contributed by atoms with Gasteiger partial charge in [0.2, 0.25) is 5.88 Å². The molecule has 4 rings (SSSR count). The summed E-state index contributed by atoms with van der Waals surface area (Å²) in [5.41, 5.74) is 1.57. The SMILES string of the molecule is O=C(COc1ncnc2sc3c(c12)CCC3)Nc1ccc(F)cc1Cl. The summed E-state index contributed by atoms with van der Waals surface area (Å²) in [6.45, 7) is -0.218. The molecule has 128 valence electrons. The number of amides is 1. The molecule has 0 unspecified atom stereocenters. The number of aromatic nitrogens is 2. The number of hydrogen-bond donors (Lipinski definition) is 1. The summed E-state index contributed by atoms with van der Waals surface area (Å²) in [5, 5.41) is 3.64. The van der Waals surface area contributed by atoms with Crippen LogP contribution in [0.25, 0.3) is 10.2 Å². The molecule has 3 aromatic rings. The van der Waals surface area contributed by atoms with E-state index in [2.05, 4.69) is 15.3 Å². The van der Waals surface area contributed by atoms with Gasteiger partial charge in [0.1, 0.15) is 17.0 Å². The molecule has 1 aliphatic carbocycles. The van der Waals surface area contributed by atoms with E-state index < -0.39 is 11.7 Å². The topological polar surface area (TPSA) is 64.1 Å². The van der Waals surface area contributed by atoms with Crippen molar-refractivity contribution in [2.24, 2.45) is 0 Å². The van der Waals surface area contributed by atoms with Gasteiger partial charge in [-0.1, -0.05) is 11.6 Å². The molecular weight excluding hydrogens is 365 g/mol. The Kier molecular flexibility index (Phi) is 4.27. The number of anilines is 1. The zero-order valence-electron chi connectivity index (χ0n) is 13.0. The highest BCUT2D eigenvalue weighted by molar-refractivity contribution is 7.18. The van der Waals surface area contributed by atoms with E-state index in [4.69, 9.17) is 16.3 Å². The summed E-state index contributed by atoms with van der Waals surface area (Å²) >= 11 is 7.56. The van der Waals surface area contributed by atoms with Crippen LogP contribution in [0.4, 0.5) is 10.1 Å². The molecule has 0 saturated carbocycles. The summed E-state index contributed by atoms with van der Waals surface area (Å²) in [6, 6.07) is 3.77. The van der Waals surface area contributed by atoms with Crippen LogP contribution < -0.4 is 10.1 Å². The number of hydrogen-bond acceptors (Lipinski definition) is 5. The van der Waals surface area contributed by atoms with Gasteiger partial charge in [-0.05, 0) is 43.0 Å². The van der Waals surface area contributed by atoms with Gasteiger partial charge in [0.25, 0.3) is 5.91 Å². The van der Waals surface area contributed by atoms with Crippen molar-refractivity contribution in [2.45, 2.75) is 19.3 Å². The minimum atomic E-state index is -0.464. The Labute approximate surface area is 151 Å². The van der Waals surface area contributed by atoms with E-state index >= 15 is 0 Å². The summed E-state index contributed by atoms with van der Waals surface area (Å²) in [6.07, 6.45) is 4.60. The summed E-state index contributed by atoms with van der Waals surface area (Å²) in [7, 11) is 0. The van der Waals surface area contributed by atoms with Crippen LogP contribution in [0.5, 0.6) is 5.88 Å². The lowest BCUT2D eigenvalue weighted by molar-refractivity contribution is -0.118. The second-order valence-corrected chi connectivity index (χ2v) is 7.17. The molecule has 2 heterocycles. The lowest BCUT2D eigenvalue weighted by Gasteiger charge is -2.09. The molecule has 0 radical (unpaired) electrons. The fourth-order valence-electron chi connectivity index (χ4n) is 2.92. The molecule has 1 aliphatic rings. The number of nitrogens with zero attached hydrogens (tertiary/aromatic N) is 2. The molecule has 0 bridgehead atoms. The number of carbonyl (C=O) groups excluding carboxylic acids is 1. The van der Waals surface area contributed by atoms with E-state index in [0.717, 1.165) is 35.5 Å². The molecule has 1 N–H and O–H groups in total. The van der Waals surface area contributed by atoms with Gasteiger partial charge in [0.05, 0.1) is 16.1 Å². The standard InChI is InChI=1S/C17H13ClFN3O2S/c18-11-6-9(19)4-5-12(11)22-14(23)7-24-16-15-10-2-1-3-13(10)25-17(15)21-8-20-16/h4-6,8H,1-3,7H2,(H,22,23). The lowest BCUT2D eigenvalue weighted by atomic mass is 10.2. The van der Waals surface area contributed by atoms with Crippen LogP contribution in [-0.4, -0.2) is 22.5 Å². The Morgan fingerprint density at radius 1 is 1.36 bits per heavy atom. The smallest absolute Gasteiger partial charge is 0.262 e. The maximum absolute atomic E-state index is 13.0. The van der Waals surface area contributed by atoms with Gasteiger partial charge >= 0.3 is 0 Å². The largest absolute Gasteiger partial charge is 0.467 e. The predicted molar refractivity (Wildman–Crippen MR) is 95.0 cm³/mol. The molecular formula is C17H13ClFN3O2S. The molecule has 25 heavy (non-hydrogen) atoms. The highest BCUT2D eigenvalue weighted by Gasteiger charge is 2.22. The molecule has 1 amide bonds. The maximum atomic E-state index is 13.0. The number of ether oxygens (including phenoxy) is 1. The van der Waals surface area contributed by atoms with E-state index in [-0.39, 0.29) is 11.6 Å². The molecule has 5 nitrogen and oxygen atoms in total. The van der Waals surface area contributed by atoms with Crippen LogP contribution in [0.1, 0.15) is 16.9 Å².